The molecule has 24 heavy (non-hydrogen) atoms. The summed E-state index contributed by atoms with van der Waals surface area (Å²) in [6, 6.07) is 6.04. The minimum absolute atomic E-state index is 0.308. The van der Waals surface area contributed by atoms with Gasteiger partial charge in [-0.3, -0.25) is 4.68 Å². The van der Waals surface area contributed by atoms with Crippen molar-refractivity contribution in [1.29, 1.82) is 0 Å². The first-order valence-corrected chi connectivity index (χ1v) is 7.83. The zero-order valence-electron chi connectivity index (χ0n) is 14.0. The van der Waals surface area contributed by atoms with Crippen LogP contribution in [0.4, 0.5) is 9.18 Å². The molecule has 0 atom stereocenters. The molecule has 1 amide bonds. The number of aromatic nitrogens is 2. The van der Waals surface area contributed by atoms with Gasteiger partial charge in [-0.15, -0.1) is 0 Å². The summed E-state index contributed by atoms with van der Waals surface area (Å²) < 4.78 is 20.3. The minimum atomic E-state index is -0.542. The number of amides is 1. The Labute approximate surface area is 141 Å². The van der Waals surface area contributed by atoms with Gasteiger partial charge in [0.25, 0.3) is 0 Å². The number of halogens is 1. The van der Waals surface area contributed by atoms with Crippen LogP contribution in [-0.2, 0) is 17.8 Å². The average Bonchev–Trinajstić information content (AvgIpc) is 2.83. The molecule has 0 bridgehead atoms. The third-order valence-electron chi connectivity index (χ3n) is 3.79. The van der Waals surface area contributed by atoms with E-state index >= 15 is 0 Å². The van der Waals surface area contributed by atoms with Gasteiger partial charge in [-0.25, -0.2) is 9.18 Å². The number of hydrogen-bond donors (Lipinski definition) is 0. The predicted molar refractivity (Wildman–Crippen MR) is 89.7 cm³/mol. The third-order valence-corrected chi connectivity index (χ3v) is 3.79. The van der Waals surface area contributed by atoms with Crippen LogP contribution in [0.2, 0.25) is 0 Å². The highest BCUT2D eigenvalue weighted by atomic mass is 19.1. The van der Waals surface area contributed by atoms with E-state index in [2.05, 4.69) is 5.10 Å². The first-order valence-electron chi connectivity index (χ1n) is 7.83. The van der Waals surface area contributed by atoms with Crippen LogP contribution in [0.25, 0.3) is 11.3 Å². The van der Waals surface area contributed by atoms with Gasteiger partial charge in [0.2, 0.25) is 0 Å². The fraction of sp³-hybridized carbons (Fsp3) is 0.412. The van der Waals surface area contributed by atoms with Crippen molar-refractivity contribution in [2.24, 2.45) is 0 Å². The summed E-state index contributed by atoms with van der Waals surface area (Å²) in [5, 5.41) is 4.51. The fourth-order valence-corrected chi connectivity index (χ4v) is 2.64. The van der Waals surface area contributed by atoms with Crippen molar-refractivity contribution in [2.45, 2.75) is 39.5 Å². The molecule has 0 saturated heterocycles. The molecule has 0 N–H and O–H groups in total. The summed E-state index contributed by atoms with van der Waals surface area (Å²) in [7, 11) is 6.23. The SMILES string of the molecule is [B]c1c(-c2ccc(F)cc2)nn2c1CN(C(=O)OC(C)(C)C)CC2. The molecule has 0 aliphatic carbocycles. The van der Waals surface area contributed by atoms with Crippen LogP contribution in [0.5, 0.6) is 0 Å². The quantitative estimate of drug-likeness (QED) is 0.755. The van der Waals surface area contributed by atoms with Gasteiger partial charge in [-0.1, -0.05) is 0 Å². The van der Waals surface area contributed by atoms with E-state index in [1.807, 2.05) is 20.8 Å². The molecule has 7 heteroatoms. The maximum atomic E-state index is 13.1. The number of benzene rings is 1. The zero-order chi connectivity index (χ0) is 17.5. The topological polar surface area (TPSA) is 47.4 Å². The smallest absolute Gasteiger partial charge is 0.410 e. The van der Waals surface area contributed by atoms with Crippen molar-refractivity contribution in [2.75, 3.05) is 6.54 Å². The van der Waals surface area contributed by atoms with Gasteiger partial charge in [0.15, 0.2) is 0 Å². The number of carbonyl (C=O) groups is 1. The summed E-state index contributed by atoms with van der Waals surface area (Å²) in [6.45, 7) is 6.89. The lowest BCUT2D eigenvalue weighted by Crippen LogP contribution is -2.42. The minimum Gasteiger partial charge on any atom is -0.444 e. The molecule has 2 radical (unpaired) electrons. The molecule has 0 spiro atoms. The predicted octanol–water partition coefficient (Wildman–Crippen LogP) is 2.23. The number of fused-ring (bicyclic) bond motifs is 1. The monoisotopic (exact) mass is 327 g/mol. The molecule has 5 nitrogen and oxygen atoms in total. The highest BCUT2D eigenvalue weighted by molar-refractivity contribution is 6.36. The second-order valence-electron chi connectivity index (χ2n) is 6.84. The van der Waals surface area contributed by atoms with E-state index in [9.17, 15) is 9.18 Å². The van der Waals surface area contributed by atoms with E-state index in [0.717, 1.165) is 11.3 Å². The summed E-state index contributed by atoms with van der Waals surface area (Å²) in [5.41, 5.74) is 2.09. The Morgan fingerprint density at radius 1 is 1.25 bits per heavy atom. The van der Waals surface area contributed by atoms with Crippen molar-refractivity contribution in [1.82, 2.24) is 14.7 Å². The van der Waals surface area contributed by atoms with Gasteiger partial charge in [0, 0.05) is 12.1 Å². The van der Waals surface area contributed by atoms with E-state index in [0.29, 0.717) is 30.8 Å². The van der Waals surface area contributed by atoms with Crippen molar-refractivity contribution < 1.29 is 13.9 Å². The van der Waals surface area contributed by atoms with Gasteiger partial charge in [0.1, 0.15) is 19.3 Å². The van der Waals surface area contributed by atoms with Crippen LogP contribution in [0.15, 0.2) is 24.3 Å². The number of carbonyl (C=O) groups excluding carboxylic acids is 1. The largest absolute Gasteiger partial charge is 0.444 e. The second kappa shape index (κ2) is 5.96. The van der Waals surface area contributed by atoms with Crippen molar-refractivity contribution in [3.8, 4) is 11.3 Å². The first-order chi connectivity index (χ1) is 11.2. The van der Waals surface area contributed by atoms with E-state index in [-0.39, 0.29) is 11.9 Å². The Balaban J connectivity index is 1.85. The first kappa shape index (κ1) is 16.5. The Morgan fingerprint density at radius 3 is 2.54 bits per heavy atom. The van der Waals surface area contributed by atoms with Crippen molar-refractivity contribution in [3.05, 3.63) is 35.8 Å². The highest BCUT2D eigenvalue weighted by Crippen LogP contribution is 2.21. The Kier molecular flexibility index (Phi) is 4.11. The van der Waals surface area contributed by atoms with Crippen LogP contribution in [-0.4, -0.2) is 40.8 Å². The molecule has 124 valence electrons. The number of ether oxygens (including phenoxy) is 1. The molecular formula is C17H19BFN3O2. The lowest BCUT2D eigenvalue weighted by atomic mass is 9.89. The molecular weight excluding hydrogens is 308 g/mol. The van der Waals surface area contributed by atoms with Gasteiger partial charge in [0.05, 0.1) is 24.5 Å². The summed E-state index contributed by atoms with van der Waals surface area (Å²) in [6.07, 6.45) is -0.363. The molecule has 3 rings (SSSR count). The zero-order valence-corrected chi connectivity index (χ0v) is 14.0. The van der Waals surface area contributed by atoms with Crippen LogP contribution < -0.4 is 5.46 Å². The Hall–Kier alpha value is -2.31. The molecule has 0 unspecified atom stereocenters. The van der Waals surface area contributed by atoms with Gasteiger partial charge >= 0.3 is 6.09 Å². The highest BCUT2D eigenvalue weighted by Gasteiger charge is 2.28. The summed E-state index contributed by atoms with van der Waals surface area (Å²) in [4.78, 5) is 13.9. The third kappa shape index (κ3) is 3.30. The lowest BCUT2D eigenvalue weighted by Gasteiger charge is -2.30. The van der Waals surface area contributed by atoms with Gasteiger partial charge < -0.3 is 9.64 Å². The van der Waals surface area contributed by atoms with Crippen LogP contribution in [0.3, 0.4) is 0 Å². The van der Waals surface area contributed by atoms with Crippen LogP contribution >= 0.6 is 0 Å². The molecule has 0 saturated carbocycles. The maximum absolute atomic E-state index is 13.1. The normalized spacial score (nSPS) is 14.4. The maximum Gasteiger partial charge on any atom is 0.410 e. The lowest BCUT2D eigenvalue weighted by molar-refractivity contribution is 0.0195. The molecule has 1 aliphatic rings. The van der Waals surface area contributed by atoms with Crippen molar-refractivity contribution in [3.63, 3.8) is 0 Å². The number of nitrogens with zero attached hydrogens (tertiary/aromatic N) is 3. The standard InChI is InChI=1S/C17H19BFN3O2/c1-17(2,3)24-16(23)21-8-9-22-13(10-21)14(18)15(20-22)11-4-6-12(19)7-5-11/h4-7H,8-10H2,1-3H3. The molecule has 2 aromatic rings. The molecule has 2 heterocycles. The number of rotatable bonds is 1. The van der Waals surface area contributed by atoms with Crippen LogP contribution in [0, 0.1) is 5.82 Å². The Bertz CT molecular complexity index is 765. The van der Waals surface area contributed by atoms with E-state index < -0.39 is 5.60 Å². The Morgan fingerprint density at radius 2 is 1.92 bits per heavy atom. The van der Waals surface area contributed by atoms with Gasteiger partial charge in [-0.2, -0.15) is 5.10 Å². The van der Waals surface area contributed by atoms with Crippen molar-refractivity contribution >= 4 is 19.4 Å². The van der Waals surface area contributed by atoms with Crippen LogP contribution in [0.1, 0.15) is 26.5 Å². The number of hydrogen-bond acceptors (Lipinski definition) is 3. The fourth-order valence-electron chi connectivity index (χ4n) is 2.64. The molecule has 1 aliphatic heterocycles. The second-order valence-corrected chi connectivity index (χ2v) is 6.84. The molecule has 1 aromatic carbocycles. The molecule has 1 aromatic heterocycles. The van der Waals surface area contributed by atoms with E-state index in [1.165, 1.54) is 12.1 Å². The van der Waals surface area contributed by atoms with E-state index in [4.69, 9.17) is 12.6 Å². The summed E-state index contributed by atoms with van der Waals surface area (Å²) in [5.74, 6) is -0.308. The van der Waals surface area contributed by atoms with E-state index in [1.54, 1.807) is 21.7 Å². The molecule has 0 fully saturated rings. The average molecular weight is 327 g/mol. The summed E-state index contributed by atoms with van der Waals surface area (Å²) >= 11 is 0. The van der Waals surface area contributed by atoms with Gasteiger partial charge in [-0.05, 0) is 50.5 Å².